The van der Waals surface area contributed by atoms with Crippen molar-refractivity contribution in [3.63, 3.8) is 0 Å². The molecule has 0 radical (unpaired) electrons. The van der Waals surface area contributed by atoms with Crippen LogP contribution in [0.15, 0.2) is 42.5 Å². The van der Waals surface area contributed by atoms with E-state index in [0.29, 0.717) is 5.75 Å². The summed E-state index contributed by atoms with van der Waals surface area (Å²) >= 11 is 0. The number of aryl methyl sites for hydroxylation is 1. The van der Waals surface area contributed by atoms with Crippen molar-refractivity contribution in [3.8, 4) is 5.75 Å². The molecule has 1 N–H and O–H groups in total. The molecule has 0 unspecified atom stereocenters. The minimum atomic E-state index is -3.87. The molecule has 30 heavy (non-hydrogen) atoms. The van der Waals surface area contributed by atoms with Crippen molar-refractivity contribution < 1.29 is 22.9 Å². The molecule has 162 valence electrons. The van der Waals surface area contributed by atoms with Crippen LogP contribution in [0.1, 0.15) is 18.1 Å². The van der Waals surface area contributed by atoms with Gasteiger partial charge in [0.05, 0.1) is 23.4 Å². The highest BCUT2D eigenvalue weighted by atomic mass is 32.2. The van der Waals surface area contributed by atoms with Gasteiger partial charge >= 0.3 is 0 Å². The molecule has 0 fully saturated rings. The monoisotopic (exact) mass is 435 g/mol. The first-order chi connectivity index (χ1) is 14.0. The molecule has 2 rings (SSSR count). The van der Waals surface area contributed by atoms with E-state index in [1.54, 1.807) is 0 Å². The van der Waals surface area contributed by atoms with Crippen LogP contribution >= 0.6 is 0 Å². The Kier molecular flexibility index (Phi) is 7.38. The molecule has 0 aliphatic heterocycles. The quantitative estimate of drug-likeness (QED) is 0.367. The van der Waals surface area contributed by atoms with E-state index in [2.05, 4.69) is 5.32 Å². The average Bonchev–Trinajstić information content (AvgIpc) is 2.67. The number of hydrogen-bond acceptors (Lipinski definition) is 6. The summed E-state index contributed by atoms with van der Waals surface area (Å²) < 4.78 is 31.1. The Hall–Kier alpha value is -3.14. The second-order valence-electron chi connectivity index (χ2n) is 6.85. The number of amides is 1. The van der Waals surface area contributed by atoms with Crippen LogP contribution in [-0.4, -0.2) is 44.7 Å². The number of ether oxygens (including phenoxy) is 1. The second-order valence-corrected chi connectivity index (χ2v) is 8.71. The van der Waals surface area contributed by atoms with Crippen LogP contribution in [0.2, 0.25) is 0 Å². The van der Waals surface area contributed by atoms with Crippen molar-refractivity contribution in [2.75, 3.05) is 23.7 Å². The van der Waals surface area contributed by atoms with Gasteiger partial charge in [0.2, 0.25) is 15.9 Å². The van der Waals surface area contributed by atoms with Crippen LogP contribution in [-0.2, 0) is 14.8 Å². The fraction of sp³-hybridized carbons (Fsp3) is 0.350. The fourth-order valence-electron chi connectivity index (χ4n) is 2.92. The zero-order valence-electron chi connectivity index (χ0n) is 17.3. The maximum Gasteiger partial charge on any atom is 0.271 e. The fourth-order valence-corrected chi connectivity index (χ4v) is 4.08. The number of carbonyl (C=O) groups excluding carboxylic acids is 1. The van der Waals surface area contributed by atoms with E-state index >= 15 is 0 Å². The first-order valence-corrected chi connectivity index (χ1v) is 11.1. The van der Waals surface area contributed by atoms with Gasteiger partial charge in [0, 0.05) is 12.1 Å². The van der Waals surface area contributed by atoms with E-state index in [-0.39, 0.29) is 24.5 Å². The van der Waals surface area contributed by atoms with E-state index in [1.807, 2.05) is 32.0 Å². The third-order valence-corrected chi connectivity index (χ3v) is 5.84. The molecule has 0 saturated heterocycles. The van der Waals surface area contributed by atoms with Gasteiger partial charge in [-0.2, -0.15) is 0 Å². The molecular weight excluding hydrogens is 410 g/mol. The van der Waals surface area contributed by atoms with Gasteiger partial charge < -0.3 is 10.1 Å². The van der Waals surface area contributed by atoms with Crippen LogP contribution < -0.4 is 14.4 Å². The Morgan fingerprint density at radius 1 is 1.23 bits per heavy atom. The molecule has 1 amide bonds. The summed E-state index contributed by atoms with van der Waals surface area (Å²) in [5, 5.41) is 13.7. The lowest BCUT2D eigenvalue weighted by Crippen LogP contribution is -2.48. The van der Waals surface area contributed by atoms with E-state index in [0.717, 1.165) is 27.8 Å². The zero-order chi connectivity index (χ0) is 22.5. The standard InChI is InChI=1S/C20H25N3O6S/c1-14-7-5-10-19(15(14)2)29-12-11-21-20(24)16(3)22(30(4,27)28)17-8-6-9-18(13-17)23(25)26/h5-10,13,16H,11-12H2,1-4H3,(H,21,24)/t16-/m0/s1. The normalized spacial score (nSPS) is 12.1. The van der Waals surface area contributed by atoms with Crippen LogP contribution in [0.25, 0.3) is 0 Å². The Bertz CT molecular complexity index is 1040. The molecule has 9 nitrogen and oxygen atoms in total. The molecule has 0 spiro atoms. The van der Waals surface area contributed by atoms with Crippen molar-refractivity contribution in [3.05, 3.63) is 63.7 Å². The third kappa shape index (κ3) is 5.69. The summed E-state index contributed by atoms with van der Waals surface area (Å²) in [4.78, 5) is 22.9. The summed E-state index contributed by atoms with van der Waals surface area (Å²) in [6, 6.07) is 9.72. The van der Waals surface area contributed by atoms with Crippen molar-refractivity contribution >= 4 is 27.3 Å². The van der Waals surface area contributed by atoms with Crippen LogP contribution in [0.4, 0.5) is 11.4 Å². The number of rotatable bonds is 9. The lowest BCUT2D eigenvalue weighted by Gasteiger charge is -2.28. The molecular formula is C20H25N3O6S. The number of benzene rings is 2. The number of anilines is 1. The molecule has 1 atom stereocenters. The molecule has 0 aliphatic carbocycles. The largest absolute Gasteiger partial charge is 0.491 e. The number of non-ortho nitro benzene ring substituents is 1. The van der Waals surface area contributed by atoms with Gasteiger partial charge in [-0.1, -0.05) is 18.2 Å². The predicted octanol–water partition coefficient (Wildman–Crippen LogP) is 2.56. The summed E-state index contributed by atoms with van der Waals surface area (Å²) in [6.45, 7) is 5.70. The molecule has 2 aromatic carbocycles. The highest BCUT2D eigenvalue weighted by Gasteiger charge is 2.29. The van der Waals surface area contributed by atoms with E-state index < -0.39 is 26.9 Å². The number of sulfonamides is 1. The maximum atomic E-state index is 12.5. The highest BCUT2D eigenvalue weighted by molar-refractivity contribution is 7.92. The number of nitrogens with one attached hydrogen (secondary N) is 1. The van der Waals surface area contributed by atoms with Crippen molar-refractivity contribution in [1.82, 2.24) is 5.32 Å². The summed E-state index contributed by atoms with van der Waals surface area (Å²) in [6.07, 6.45) is 0.944. The van der Waals surface area contributed by atoms with Gasteiger partial charge in [0.1, 0.15) is 18.4 Å². The molecule has 0 aromatic heterocycles. The molecule has 0 heterocycles. The minimum Gasteiger partial charge on any atom is -0.491 e. The van der Waals surface area contributed by atoms with Crippen molar-refractivity contribution in [1.29, 1.82) is 0 Å². The Morgan fingerprint density at radius 2 is 1.90 bits per heavy atom. The van der Waals surface area contributed by atoms with Crippen molar-refractivity contribution in [2.45, 2.75) is 26.8 Å². The van der Waals surface area contributed by atoms with Crippen LogP contribution in [0.3, 0.4) is 0 Å². The zero-order valence-corrected chi connectivity index (χ0v) is 18.1. The third-order valence-electron chi connectivity index (χ3n) is 4.60. The van der Waals surface area contributed by atoms with E-state index in [4.69, 9.17) is 4.74 Å². The summed E-state index contributed by atoms with van der Waals surface area (Å²) in [5.74, 6) is 0.170. The smallest absolute Gasteiger partial charge is 0.271 e. The number of hydrogen-bond donors (Lipinski definition) is 1. The number of nitro groups is 1. The number of carbonyl (C=O) groups is 1. The molecule has 2 aromatic rings. The average molecular weight is 436 g/mol. The Labute approximate surface area is 175 Å². The number of nitrogens with zero attached hydrogens (tertiary/aromatic N) is 2. The Balaban J connectivity index is 2.06. The SMILES string of the molecule is Cc1cccc(OCCNC(=O)[C@H](C)N(c2cccc([N+](=O)[O-])c2)S(C)(=O)=O)c1C. The van der Waals surface area contributed by atoms with Crippen LogP contribution in [0.5, 0.6) is 5.75 Å². The number of nitro benzene ring substituents is 1. The molecule has 0 saturated carbocycles. The lowest BCUT2D eigenvalue weighted by atomic mass is 10.1. The molecule has 10 heteroatoms. The molecule has 0 bridgehead atoms. The van der Waals surface area contributed by atoms with Gasteiger partial charge in [0.15, 0.2) is 0 Å². The highest BCUT2D eigenvalue weighted by Crippen LogP contribution is 2.25. The predicted molar refractivity (Wildman–Crippen MR) is 114 cm³/mol. The van der Waals surface area contributed by atoms with Gasteiger partial charge in [-0.25, -0.2) is 8.42 Å². The summed E-state index contributed by atoms with van der Waals surface area (Å²) in [5.41, 5.74) is 1.87. The Morgan fingerprint density at radius 3 is 2.53 bits per heavy atom. The van der Waals surface area contributed by atoms with Gasteiger partial charge in [0.25, 0.3) is 5.69 Å². The van der Waals surface area contributed by atoms with Crippen molar-refractivity contribution in [2.24, 2.45) is 0 Å². The minimum absolute atomic E-state index is 0.0426. The lowest BCUT2D eigenvalue weighted by molar-refractivity contribution is -0.384. The maximum absolute atomic E-state index is 12.5. The topological polar surface area (TPSA) is 119 Å². The van der Waals surface area contributed by atoms with Gasteiger partial charge in [-0.15, -0.1) is 0 Å². The van der Waals surface area contributed by atoms with Crippen LogP contribution in [0, 0.1) is 24.0 Å². The first-order valence-electron chi connectivity index (χ1n) is 9.23. The van der Waals surface area contributed by atoms with Gasteiger partial charge in [-0.05, 0) is 44.0 Å². The van der Waals surface area contributed by atoms with Gasteiger partial charge in [-0.3, -0.25) is 19.2 Å². The van der Waals surface area contributed by atoms with E-state index in [1.165, 1.54) is 25.1 Å². The summed E-state index contributed by atoms with van der Waals surface area (Å²) in [7, 11) is -3.87. The molecule has 0 aliphatic rings. The second kappa shape index (κ2) is 9.57. The first kappa shape index (κ1) is 23.1. The van der Waals surface area contributed by atoms with E-state index in [9.17, 15) is 23.3 Å².